The van der Waals surface area contributed by atoms with Gasteiger partial charge in [-0.3, -0.25) is 4.79 Å². The normalized spacial score (nSPS) is 15.1. The third-order valence-corrected chi connectivity index (χ3v) is 4.20. The summed E-state index contributed by atoms with van der Waals surface area (Å²) in [4.78, 5) is 13.9. The third kappa shape index (κ3) is 3.44. The summed E-state index contributed by atoms with van der Waals surface area (Å²) in [6.45, 7) is 4.16. The van der Waals surface area contributed by atoms with Crippen molar-refractivity contribution < 1.29 is 4.79 Å². The summed E-state index contributed by atoms with van der Waals surface area (Å²) in [6, 6.07) is 2.14. The molecule has 0 aliphatic carbocycles. The minimum Gasteiger partial charge on any atom is -0.374 e. The van der Waals surface area contributed by atoms with Crippen LogP contribution < -0.4 is 5.32 Å². The van der Waals surface area contributed by atoms with Gasteiger partial charge in [-0.25, -0.2) is 0 Å². The monoisotopic (exact) mass is 278 g/mol. The molecule has 2 rings (SSSR count). The Morgan fingerprint density at radius 1 is 1.47 bits per heavy atom. The van der Waals surface area contributed by atoms with E-state index in [1.807, 2.05) is 11.8 Å². The number of piperidine rings is 1. The van der Waals surface area contributed by atoms with Crippen LogP contribution in [0.15, 0.2) is 0 Å². The number of nitriles is 1. The zero-order valence-electron chi connectivity index (χ0n) is 11.1. The predicted molar refractivity (Wildman–Crippen MR) is 75.1 cm³/mol. The summed E-state index contributed by atoms with van der Waals surface area (Å²) < 4.78 is 4.14. The van der Waals surface area contributed by atoms with Crippen LogP contribution in [0.5, 0.6) is 0 Å². The van der Waals surface area contributed by atoms with Crippen LogP contribution in [0.4, 0.5) is 5.00 Å². The topological polar surface area (TPSA) is 69.0 Å². The van der Waals surface area contributed by atoms with Gasteiger partial charge in [0.25, 0.3) is 0 Å². The van der Waals surface area contributed by atoms with Gasteiger partial charge in [-0.05, 0) is 37.7 Å². The van der Waals surface area contributed by atoms with Crippen molar-refractivity contribution in [3.05, 3.63) is 11.3 Å². The number of hydrogen-bond acceptors (Lipinski definition) is 5. The first-order valence-corrected chi connectivity index (χ1v) is 7.37. The van der Waals surface area contributed by atoms with Crippen molar-refractivity contribution in [3.63, 3.8) is 0 Å². The van der Waals surface area contributed by atoms with Gasteiger partial charge >= 0.3 is 0 Å². The van der Waals surface area contributed by atoms with Crippen molar-refractivity contribution in [1.29, 1.82) is 5.26 Å². The SMILES string of the molecule is Cc1nsc(NCCC(=O)N2CCCCC2)c1C#N. The van der Waals surface area contributed by atoms with Gasteiger partial charge in [0, 0.05) is 26.1 Å². The Morgan fingerprint density at radius 3 is 2.89 bits per heavy atom. The van der Waals surface area contributed by atoms with Gasteiger partial charge in [0.1, 0.15) is 16.6 Å². The van der Waals surface area contributed by atoms with Crippen LogP contribution in [0.3, 0.4) is 0 Å². The second kappa shape index (κ2) is 6.53. The molecular formula is C13H18N4OS. The van der Waals surface area contributed by atoms with Crippen molar-refractivity contribution in [2.45, 2.75) is 32.6 Å². The number of aryl methyl sites for hydroxylation is 1. The second-order valence-corrected chi connectivity index (χ2v) is 5.48. The molecule has 0 aromatic carbocycles. The van der Waals surface area contributed by atoms with Crippen molar-refractivity contribution in [3.8, 4) is 6.07 Å². The van der Waals surface area contributed by atoms with Crippen LogP contribution >= 0.6 is 11.5 Å². The molecule has 1 aromatic heterocycles. The molecule has 102 valence electrons. The Balaban J connectivity index is 1.80. The van der Waals surface area contributed by atoms with Crippen LogP contribution in [-0.2, 0) is 4.79 Å². The molecule has 1 aliphatic heterocycles. The van der Waals surface area contributed by atoms with Crippen molar-refractivity contribution in [2.75, 3.05) is 25.0 Å². The fourth-order valence-electron chi connectivity index (χ4n) is 2.21. The quantitative estimate of drug-likeness (QED) is 0.916. The first-order chi connectivity index (χ1) is 9.22. The summed E-state index contributed by atoms with van der Waals surface area (Å²) in [5, 5.41) is 12.9. The molecule has 6 heteroatoms. The van der Waals surface area contributed by atoms with Crippen molar-refractivity contribution in [2.24, 2.45) is 0 Å². The lowest BCUT2D eigenvalue weighted by Gasteiger charge is -2.26. The van der Waals surface area contributed by atoms with Crippen molar-refractivity contribution in [1.82, 2.24) is 9.27 Å². The lowest BCUT2D eigenvalue weighted by atomic mass is 10.1. The molecule has 1 aromatic rings. The Morgan fingerprint density at radius 2 is 2.21 bits per heavy atom. The number of carbonyl (C=O) groups is 1. The number of nitrogens with one attached hydrogen (secondary N) is 1. The largest absolute Gasteiger partial charge is 0.374 e. The van der Waals surface area contributed by atoms with E-state index in [1.165, 1.54) is 18.0 Å². The lowest BCUT2D eigenvalue weighted by molar-refractivity contribution is -0.131. The summed E-state index contributed by atoms with van der Waals surface area (Å²) in [7, 11) is 0. The average Bonchev–Trinajstić information content (AvgIpc) is 2.80. The minimum atomic E-state index is 0.201. The zero-order chi connectivity index (χ0) is 13.7. The maximum absolute atomic E-state index is 12.0. The van der Waals surface area contributed by atoms with Gasteiger partial charge in [0.05, 0.1) is 5.69 Å². The molecule has 1 saturated heterocycles. The molecule has 1 aliphatic rings. The molecule has 0 spiro atoms. The Labute approximate surface area is 117 Å². The molecule has 0 bridgehead atoms. The van der Waals surface area contributed by atoms with E-state index in [2.05, 4.69) is 15.8 Å². The summed E-state index contributed by atoms with van der Waals surface area (Å²) >= 11 is 1.28. The highest BCUT2D eigenvalue weighted by molar-refractivity contribution is 7.10. The van der Waals surface area contributed by atoms with Crippen LogP contribution in [0, 0.1) is 18.3 Å². The van der Waals surface area contributed by atoms with E-state index in [1.54, 1.807) is 0 Å². The van der Waals surface area contributed by atoms with E-state index in [9.17, 15) is 4.79 Å². The van der Waals surface area contributed by atoms with Gasteiger partial charge in [0.15, 0.2) is 0 Å². The van der Waals surface area contributed by atoms with Crippen molar-refractivity contribution >= 4 is 22.4 Å². The number of carbonyl (C=O) groups excluding carboxylic acids is 1. The van der Waals surface area contributed by atoms with E-state index in [0.29, 0.717) is 18.5 Å². The fraction of sp³-hybridized carbons (Fsp3) is 0.615. The molecule has 5 nitrogen and oxygen atoms in total. The molecule has 0 atom stereocenters. The van der Waals surface area contributed by atoms with E-state index >= 15 is 0 Å². The standard InChI is InChI=1S/C13H18N4OS/c1-10-11(9-14)13(19-16-10)15-6-5-12(18)17-7-3-2-4-8-17/h15H,2-8H2,1H3. The minimum absolute atomic E-state index is 0.201. The molecule has 1 fully saturated rings. The molecule has 0 saturated carbocycles. The number of hydrogen-bond donors (Lipinski definition) is 1. The van der Waals surface area contributed by atoms with Crippen LogP contribution in [0.1, 0.15) is 36.9 Å². The highest BCUT2D eigenvalue weighted by Gasteiger charge is 2.16. The molecule has 1 amide bonds. The molecule has 0 unspecified atom stereocenters. The fourth-order valence-corrected chi connectivity index (χ4v) is 2.98. The number of likely N-dealkylation sites (tertiary alicyclic amines) is 1. The second-order valence-electron chi connectivity index (χ2n) is 4.70. The van der Waals surface area contributed by atoms with E-state index in [4.69, 9.17) is 5.26 Å². The summed E-state index contributed by atoms with van der Waals surface area (Å²) in [6.07, 6.45) is 3.94. The molecule has 2 heterocycles. The summed E-state index contributed by atoms with van der Waals surface area (Å²) in [5.74, 6) is 0.201. The number of aromatic nitrogens is 1. The highest BCUT2D eigenvalue weighted by Crippen LogP contribution is 2.23. The average molecular weight is 278 g/mol. The molecule has 19 heavy (non-hydrogen) atoms. The number of anilines is 1. The molecule has 1 N–H and O–H groups in total. The smallest absolute Gasteiger partial charge is 0.224 e. The first-order valence-electron chi connectivity index (χ1n) is 6.60. The van der Waals surface area contributed by atoms with Crippen LogP contribution in [-0.4, -0.2) is 34.8 Å². The maximum Gasteiger partial charge on any atom is 0.224 e. The number of amides is 1. The first kappa shape index (κ1) is 13.8. The number of nitrogens with zero attached hydrogens (tertiary/aromatic N) is 3. The molecule has 0 radical (unpaired) electrons. The zero-order valence-corrected chi connectivity index (χ0v) is 11.9. The van der Waals surface area contributed by atoms with Crippen LogP contribution in [0.25, 0.3) is 0 Å². The van der Waals surface area contributed by atoms with Gasteiger partial charge in [0.2, 0.25) is 5.91 Å². The van der Waals surface area contributed by atoms with E-state index in [-0.39, 0.29) is 5.91 Å². The Bertz CT molecular complexity index is 485. The Hall–Kier alpha value is -1.61. The lowest BCUT2D eigenvalue weighted by Crippen LogP contribution is -2.36. The number of rotatable bonds is 4. The van der Waals surface area contributed by atoms with E-state index < -0.39 is 0 Å². The maximum atomic E-state index is 12.0. The highest BCUT2D eigenvalue weighted by atomic mass is 32.1. The third-order valence-electron chi connectivity index (χ3n) is 3.31. The van der Waals surface area contributed by atoms with Crippen LogP contribution in [0.2, 0.25) is 0 Å². The van der Waals surface area contributed by atoms with Gasteiger partial charge < -0.3 is 10.2 Å². The van der Waals surface area contributed by atoms with Gasteiger partial charge in [-0.1, -0.05) is 0 Å². The predicted octanol–water partition coefficient (Wildman–Crippen LogP) is 2.14. The van der Waals surface area contributed by atoms with Gasteiger partial charge in [-0.2, -0.15) is 9.64 Å². The van der Waals surface area contributed by atoms with Gasteiger partial charge in [-0.15, -0.1) is 0 Å². The van der Waals surface area contributed by atoms with E-state index in [0.717, 1.165) is 36.6 Å². The summed E-state index contributed by atoms with van der Waals surface area (Å²) in [5.41, 5.74) is 1.34. The molecular weight excluding hydrogens is 260 g/mol. The Kier molecular flexibility index (Phi) is 4.74.